The van der Waals surface area contributed by atoms with E-state index in [9.17, 15) is 9.59 Å². The molecule has 1 unspecified atom stereocenters. The minimum atomic E-state index is -0.341. The maximum absolute atomic E-state index is 13.0. The first kappa shape index (κ1) is 19.6. The zero-order chi connectivity index (χ0) is 20.2. The van der Waals surface area contributed by atoms with E-state index in [-0.39, 0.29) is 24.3 Å². The number of rotatable bonds is 6. The van der Waals surface area contributed by atoms with Gasteiger partial charge in [-0.2, -0.15) is 0 Å². The first-order valence-corrected chi connectivity index (χ1v) is 10.4. The number of aromatic nitrogens is 1. The highest BCUT2D eigenvalue weighted by atomic mass is 16.4. The predicted molar refractivity (Wildman–Crippen MR) is 108 cm³/mol. The van der Waals surface area contributed by atoms with Crippen molar-refractivity contribution in [2.75, 3.05) is 26.2 Å². The standard InChI is InChI=1S/C22H28N4O3/c23-20(27)15-25-11-4-7-17(13-25)22(28)26-12-10-19-18(14-26)24-21(29-19)9-8-16-5-2-1-3-6-16/h1-3,5-6,17H,4,7-15H2,(H2,23,27). The SMILES string of the molecule is NC(=O)CN1CCCC(C(=O)N2CCc3oc(CCc4ccccc4)nc3C2)C1. The molecule has 0 spiro atoms. The second-order valence-electron chi connectivity index (χ2n) is 8.01. The largest absolute Gasteiger partial charge is 0.445 e. The maximum Gasteiger partial charge on any atom is 0.231 e. The van der Waals surface area contributed by atoms with E-state index in [1.807, 2.05) is 28.0 Å². The first-order valence-electron chi connectivity index (χ1n) is 10.4. The molecule has 7 heteroatoms. The molecule has 4 rings (SSSR count). The van der Waals surface area contributed by atoms with E-state index in [2.05, 4.69) is 17.1 Å². The number of nitrogens with two attached hydrogens (primary N) is 1. The van der Waals surface area contributed by atoms with E-state index in [1.54, 1.807) is 0 Å². The fraction of sp³-hybridized carbons (Fsp3) is 0.500. The smallest absolute Gasteiger partial charge is 0.231 e. The molecular formula is C22H28N4O3. The third-order valence-corrected chi connectivity index (χ3v) is 5.79. The Kier molecular flexibility index (Phi) is 5.94. The summed E-state index contributed by atoms with van der Waals surface area (Å²) in [6.45, 7) is 2.82. The van der Waals surface area contributed by atoms with Crippen LogP contribution in [0.4, 0.5) is 0 Å². The number of aryl methyl sites for hydroxylation is 2. The van der Waals surface area contributed by atoms with Gasteiger partial charge >= 0.3 is 0 Å². The Morgan fingerprint density at radius 3 is 2.79 bits per heavy atom. The molecule has 0 saturated carbocycles. The maximum atomic E-state index is 13.0. The molecule has 1 atom stereocenters. The van der Waals surface area contributed by atoms with Gasteiger partial charge < -0.3 is 15.1 Å². The van der Waals surface area contributed by atoms with Crippen molar-refractivity contribution < 1.29 is 14.0 Å². The topological polar surface area (TPSA) is 92.7 Å². The number of oxazole rings is 1. The highest BCUT2D eigenvalue weighted by Gasteiger charge is 2.32. The summed E-state index contributed by atoms with van der Waals surface area (Å²) < 4.78 is 5.95. The van der Waals surface area contributed by atoms with Crippen molar-refractivity contribution in [1.29, 1.82) is 0 Å². The van der Waals surface area contributed by atoms with E-state index in [1.165, 1.54) is 5.56 Å². The molecule has 0 bridgehead atoms. The molecule has 1 aromatic heterocycles. The number of carbonyl (C=O) groups excluding carboxylic acids is 2. The Bertz CT molecular complexity index is 864. The van der Waals surface area contributed by atoms with Crippen LogP contribution >= 0.6 is 0 Å². The minimum Gasteiger partial charge on any atom is -0.445 e. The Morgan fingerprint density at radius 2 is 2.00 bits per heavy atom. The Balaban J connectivity index is 1.35. The van der Waals surface area contributed by atoms with Gasteiger partial charge in [-0.3, -0.25) is 14.5 Å². The number of carbonyl (C=O) groups is 2. The molecule has 2 aliphatic rings. The third kappa shape index (κ3) is 4.85. The average molecular weight is 396 g/mol. The number of hydrogen-bond donors (Lipinski definition) is 1. The number of fused-ring (bicyclic) bond motifs is 1. The highest BCUT2D eigenvalue weighted by Crippen LogP contribution is 2.25. The van der Waals surface area contributed by atoms with Crippen LogP contribution in [0.5, 0.6) is 0 Å². The van der Waals surface area contributed by atoms with Gasteiger partial charge in [-0.15, -0.1) is 0 Å². The fourth-order valence-corrected chi connectivity index (χ4v) is 4.32. The molecule has 2 aromatic rings. The number of benzene rings is 1. The predicted octanol–water partition coefficient (Wildman–Crippen LogP) is 1.54. The van der Waals surface area contributed by atoms with Crippen LogP contribution in [-0.2, 0) is 35.4 Å². The number of hydrogen-bond acceptors (Lipinski definition) is 5. The van der Waals surface area contributed by atoms with Gasteiger partial charge in [0.05, 0.1) is 19.0 Å². The molecule has 29 heavy (non-hydrogen) atoms. The van der Waals surface area contributed by atoms with Crippen LogP contribution in [0.25, 0.3) is 0 Å². The number of amides is 2. The number of piperidine rings is 1. The van der Waals surface area contributed by atoms with Crippen molar-refractivity contribution in [3.05, 3.63) is 53.2 Å². The highest BCUT2D eigenvalue weighted by molar-refractivity contribution is 5.80. The van der Waals surface area contributed by atoms with Crippen LogP contribution in [0.2, 0.25) is 0 Å². The quantitative estimate of drug-likeness (QED) is 0.800. The van der Waals surface area contributed by atoms with Crippen LogP contribution < -0.4 is 5.73 Å². The van der Waals surface area contributed by atoms with Crippen molar-refractivity contribution in [2.24, 2.45) is 11.7 Å². The van der Waals surface area contributed by atoms with Crippen molar-refractivity contribution in [3.63, 3.8) is 0 Å². The molecule has 3 heterocycles. The van der Waals surface area contributed by atoms with Gasteiger partial charge in [0.2, 0.25) is 11.8 Å². The van der Waals surface area contributed by atoms with Crippen LogP contribution in [-0.4, -0.2) is 52.8 Å². The summed E-state index contributed by atoms with van der Waals surface area (Å²) >= 11 is 0. The molecule has 1 aromatic carbocycles. The van der Waals surface area contributed by atoms with Crippen LogP contribution in [0.3, 0.4) is 0 Å². The average Bonchev–Trinajstić information content (AvgIpc) is 3.14. The van der Waals surface area contributed by atoms with Gasteiger partial charge in [0.1, 0.15) is 11.5 Å². The molecule has 2 aliphatic heterocycles. The lowest BCUT2D eigenvalue weighted by molar-refractivity contribution is -0.139. The van der Waals surface area contributed by atoms with Gasteiger partial charge in [0.25, 0.3) is 0 Å². The fourth-order valence-electron chi connectivity index (χ4n) is 4.32. The molecular weight excluding hydrogens is 368 g/mol. The lowest BCUT2D eigenvalue weighted by atomic mass is 9.95. The summed E-state index contributed by atoms with van der Waals surface area (Å²) in [6, 6.07) is 10.3. The van der Waals surface area contributed by atoms with Gasteiger partial charge in [0, 0.05) is 25.9 Å². The van der Waals surface area contributed by atoms with Crippen LogP contribution in [0.15, 0.2) is 34.7 Å². The summed E-state index contributed by atoms with van der Waals surface area (Å²) in [5, 5.41) is 0. The summed E-state index contributed by atoms with van der Waals surface area (Å²) in [7, 11) is 0. The van der Waals surface area contributed by atoms with Gasteiger partial charge in [-0.1, -0.05) is 30.3 Å². The number of nitrogens with zero attached hydrogens (tertiary/aromatic N) is 3. The van der Waals surface area contributed by atoms with Gasteiger partial charge in [-0.25, -0.2) is 4.98 Å². The molecule has 2 amide bonds. The van der Waals surface area contributed by atoms with Crippen LogP contribution in [0, 0.1) is 5.92 Å². The van der Waals surface area contributed by atoms with E-state index in [0.717, 1.165) is 49.6 Å². The zero-order valence-electron chi connectivity index (χ0n) is 16.7. The van der Waals surface area contributed by atoms with E-state index < -0.39 is 0 Å². The van der Waals surface area contributed by atoms with Crippen molar-refractivity contribution in [2.45, 2.75) is 38.6 Å². The molecule has 0 radical (unpaired) electrons. The van der Waals surface area contributed by atoms with Gasteiger partial charge in [0.15, 0.2) is 5.89 Å². The second kappa shape index (κ2) is 8.78. The molecule has 1 fully saturated rings. The van der Waals surface area contributed by atoms with E-state index in [4.69, 9.17) is 10.2 Å². The lowest BCUT2D eigenvalue weighted by Gasteiger charge is -2.35. The summed E-state index contributed by atoms with van der Waals surface area (Å²) in [4.78, 5) is 32.8. The Hall–Kier alpha value is -2.67. The first-order chi connectivity index (χ1) is 14.1. The van der Waals surface area contributed by atoms with Crippen molar-refractivity contribution >= 4 is 11.8 Å². The Morgan fingerprint density at radius 1 is 1.17 bits per heavy atom. The van der Waals surface area contributed by atoms with Gasteiger partial charge in [-0.05, 0) is 31.4 Å². The van der Waals surface area contributed by atoms with Crippen molar-refractivity contribution in [1.82, 2.24) is 14.8 Å². The lowest BCUT2D eigenvalue weighted by Crippen LogP contribution is -2.47. The molecule has 1 saturated heterocycles. The minimum absolute atomic E-state index is 0.0749. The summed E-state index contributed by atoms with van der Waals surface area (Å²) in [5.41, 5.74) is 7.46. The molecule has 2 N–H and O–H groups in total. The van der Waals surface area contributed by atoms with Crippen molar-refractivity contribution in [3.8, 4) is 0 Å². The monoisotopic (exact) mass is 396 g/mol. The molecule has 7 nitrogen and oxygen atoms in total. The third-order valence-electron chi connectivity index (χ3n) is 5.79. The Labute approximate surface area is 170 Å². The summed E-state index contributed by atoms with van der Waals surface area (Å²) in [6.07, 6.45) is 4.13. The van der Waals surface area contributed by atoms with E-state index in [0.29, 0.717) is 26.1 Å². The molecule has 154 valence electrons. The summed E-state index contributed by atoms with van der Waals surface area (Å²) in [5.74, 6) is 1.40. The van der Waals surface area contributed by atoms with E-state index >= 15 is 0 Å². The molecule has 0 aliphatic carbocycles. The second-order valence-corrected chi connectivity index (χ2v) is 8.01. The van der Waals surface area contributed by atoms with Crippen LogP contribution in [0.1, 0.15) is 35.7 Å². The normalized spacial score (nSPS) is 19.7. The number of likely N-dealkylation sites (tertiary alicyclic amines) is 1. The zero-order valence-corrected chi connectivity index (χ0v) is 16.7. The number of primary amides is 1.